The molecule has 1 aromatic carbocycles. The normalized spacial score (nSPS) is 14.0. The van der Waals surface area contributed by atoms with Crippen LogP contribution in [0.2, 0.25) is 0 Å². The van der Waals surface area contributed by atoms with Crippen LogP contribution in [0.3, 0.4) is 0 Å². The van der Waals surface area contributed by atoms with Crippen molar-refractivity contribution >= 4 is 26.0 Å². The Morgan fingerprint density at radius 3 is 2.91 bits per heavy atom. The Morgan fingerprint density at radius 2 is 2.09 bits per heavy atom. The first-order valence-corrected chi connectivity index (χ1v) is 4.44. The molecule has 0 saturated heterocycles. The second-order valence-electron chi connectivity index (χ2n) is 2.31. The molecule has 0 bridgehead atoms. The lowest BCUT2D eigenvalue weighted by molar-refractivity contribution is 0.0979. The van der Waals surface area contributed by atoms with Crippen molar-refractivity contribution in [2.75, 3.05) is 0 Å². The molecular weight excluding hydrogens is 154 g/mol. The Kier molecular flexibility index (Phi) is 1.43. The molecule has 1 aliphatic heterocycles. The van der Waals surface area contributed by atoms with Crippen LogP contribution in [-0.4, -0.2) is 20.8 Å². The van der Waals surface area contributed by atoms with Crippen LogP contribution in [-0.2, 0) is 0 Å². The molecule has 0 unspecified atom stereocenters. The number of carbonyl (C=O) groups is 1. The number of hydrogen-bond acceptors (Lipinski definition) is 1. The summed E-state index contributed by atoms with van der Waals surface area (Å²) in [4.78, 5) is 11.1. The maximum atomic E-state index is 11.1. The third-order valence-electron chi connectivity index (χ3n) is 1.60. The molecule has 0 spiro atoms. The molecular formula is C8H6NOSi. The standard InChI is InChI=1S/C8H6NOSi/c10-8-6-3-1-2-4-7(6)11-5-9-8/h1-5H,(H,9,10). The van der Waals surface area contributed by atoms with Crippen molar-refractivity contribution in [1.29, 1.82) is 0 Å². The predicted molar refractivity (Wildman–Crippen MR) is 45.4 cm³/mol. The second kappa shape index (κ2) is 2.43. The van der Waals surface area contributed by atoms with E-state index < -0.39 is 0 Å². The number of nitrogens with one attached hydrogen (secondary N) is 1. The lowest BCUT2D eigenvalue weighted by Crippen LogP contribution is -2.36. The van der Waals surface area contributed by atoms with Crippen LogP contribution < -0.4 is 10.5 Å². The minimum Gasteiger partial charge on any atom is -0.333 e. The Labute approximate surface area is 66.7 Å². The fourth-order valence-corrected chi connectivity index (χ4v) is 1.97. The zero-order valence-electron chi connectivity index (χ0n) is 5.79. The Bertz CT molecular complexity index is 333. The van der Waals surface area contributed by atoms with Gasteiger partial charge in [0.1, 0.15) is 0 Å². The zero-order valence-corrected chi connectivity index (χ0v) is 6.79. The van der Waals surface area contributed by atoms with Crippen LogP contribution in [0.25, 0.3) is 0 Å². The topological polar surface area (TPSA) is 29.1 Å². The van der Waals surface area contributed by atoms with Crippen molar-refractivity contribution in [1.82, 2.24) is 5.32 Å². The molecule has 2 nitrogen and oxygen atoms in total. The average Bonchev–Trinajstić information content (AvgIpc) is 2.06. The van der Waals surface area contributed by atoms with E-state index in [1.165, 1.54) is 0 Å². The highest BCUT2D eigenvalue weighted by Crippen LogP contribution is 1.95. The third-order valence-corrected chi connectivity index (χ3v) is 2.64. The molecule has 1 heterocycles. The number of benzene rings is 1. The molecule has 2 rings (SSSR count). The Morgan fingerprint density at radius 1 is 1.27 bits per heavy atom. The van der Waals surface area contributed by atoms with Crippen LogP contribution >= 0.6 is 0 Å². The van der Waals surface area contributed by atoms with E-state index in [-0.39, 0.29) is 5.91 Å². The van der Waals surface area contributed by atoms with Crippen molar-refractivity contribution in [2.24, 2.45) is 0 Å². The SMILES string of the molecule is O=C1NC=[Si]c2ccccc21. The van der Waals surface area contributed by atoms with Gasteiger partial charge in [-0.1, -0.05) is 18.2 Å². The maximum Gasteiger partial charge on any atom is 0.255 e. The van der Waals surface area contributed by atoms with Gasteiger partial charge in [-0.25, -0.2) is 0 Å². The van der Waals surface area contributed by atoms with E-state index >= 15 is 0 Å². The molecule has 1 N–H and O–H groups in total. The monoisotopic (exact) mass is 160 g/mol. The number of fused-ring (bicyclic) bond motifs is 1. The quantitative estimate of drug-likeness (QED) is 0.510. The van der Waals surface area contributed by atoms with Gasteiger partial charge in [-0.15, -0.1) is 0 Å². The highest BCUT2D eigenvalue weighted by Gasteiger charge is 2.10. The second-order valence-corrected chi connectivity index (χ2v) is 3.42. The summed E-state index contributed by atoms with van der Waals surface area (Å²) in [5.41, 5.74) is 0.813. The maximum absolute atomic E-state index is 11.1. The lowest BCUT2D eigenvalue weighted by atomic mass is 10.2. The van der Waals surface area contributed by atoms with Crippen molar-refractivity contribution in [3.63, 3.8) is 0 Å². The van der Waals surface area contributed by atoms with Gasteiger partial charge in [0, 0.05) is 5.56 Å². The van der Waals surface area contributed by atoms with E-state index in [4.69, 9.17) is 0 Å². The van der Waals surface area contributed by atoms with E-state index in [0.29, 0.717) is 9.13 Å². The molecule has 1 aromatic rings. The fraction of sp³-hybridized carbons (Fsp3) is 0. The molecule has 1 aliphatic rings. The molecule has 0 saturated carbocycles. The lowest BCUT2D eigenvalue weighted by Gasteiger charge is -2.08. The summed E-state index contributed by atoms with van der Waals surface area (Å²) in [6, 6.07) is 7.68. The summed E-state index contributed by atoms with van der Waals surface area (Å²) in [6.45, 7) is 0. The summed E-state index contributed by atoms with van der Waals surface area (Å²) in [5.74, 6) is 1.82. The van der Waals surface area contributed by atoms with E-state index in [9.17, 15) is 4.79 Å². The molecule has 11 heavy (non-hydrogen) atoms. The van der Waals surface area contributed by atoms with Crippen molar-refractivity contribution < 1.29 is 4.79 Å². The largest absolute Gasteiger partial charge is 0.333 e. The summed E-state index contributed by atoms with van der Waals surface area (Å²) in [6.07, 6.45) is 0. The van der Waals surface area contributed by atoms with E-state index in [2.05, 4.69) is 5.32 Å². The highest BCUT2D eigenvalue weighted by molar-refractivity contribution is 6.64. The van der Waals surface area contributed by atoms with Crippen molar-refractivity contribution in [2.45, 2.75) is 0 Å². The van der Waals surface area contributed by atoms with Gasteiger partial charge in [0.05, 0.1) is 9.13 Å². The summed E-state index contributed by atoms with van der Waals surface area (Å²) in [7, 11) is 0.602. The number of amides is 1. The summed E-state index contributed by atoms with van der Waals surface area (Å²) in [5, 5.41) is 3.82. The molecule has 0 atom stereocenters. The van der Waals surface area contributed by atoms with E-state index in [1.54, 1.807) is 0 Å². The van der Waals surface area contributed by atoms with Crippen LogP contribution in [0.1, 0.15) is 10.4 Å². The van der Waals surface area contributed by atoms with Gasteiger partial charge in [-0.3, -0.25) is 4.79 Å². The molecule has 1 amide bonds. The average molecular weight is 160 g/mol. The highest BCUT2D eigenvalue weighted by atomic mass is 28.2. The van der Waals surface area contributed by atoms with Gasteiger partial charge in [0.15, 0.2) is 0 Å². The summed E-state index contributed by atoms with van der Waals surface area (Å²) >= 11 is 0. The molecule has 1 radical (unpaired) electrons. The van der Waals surface area contributed by atoms with Crippen LogP contribution in [0.5, 0.6) is 0 Å². The van der Waals surface area contributed by atoms with Crippen LogP contribution in [0.4, 0.5) is 0 Å². The molecule has 0 fully saturated rings. The smallest absolute Gasteiger partial charge is 0.255 e. The number of hydrogen-bond donors (Lipinski definition) is 1. The minimum absolute atomic E-state index is 0.0133. The zero-order chi connectivity index (χ0) is 7.68. The first kappa shape index (κ1) is 6.48. The van der Waals surface area contributed by atoms with E-state index in [1.807, 2.05) is 30.1 Å². The Balaban J connectivity index is 2.63. The molecule has 3 heteroatoms. The van der Waals surface area contributed by atoms with Gasteiger partial charge in [-0.2, -0.15) is 0 Å². The molecule has 0 aliphatic carbocycles. The molecule has 0 aromatic heterocycles. The van der Waals surface area contributed by atoms with Crippen molar-refractivity contribution in [3.05, 3.63) is 29.8 Å². The van der Waals surface area contributed by atoms with Crippen LogP contribution in [0.15, 0.2) is 24.3 Å². The number of rotatable bonds is 0. The van der Waals surface area contributed by atoms with Gasteiger partial charge in [0.25, 0.3) is 5.91 Å². The summed E-state index contributed by atoms with van der Waals surface area (Å²) < 4.78 is 0. The van der Waals surface area contributed by atoms with Gasteiger partial charge in [0.2, 0.25) is 0 Å². The predicted octanol–water partition coefficient (Wildman–Crippen LogP) is -0.481. The minimum atomic E-state index is 0.0133. The third kappa shape index (κ3) is 1.03. The first-order valence-electron chi connectivity index (χ1n) is 3.36. The Hall–Kier alpha value is -1.22. The molecule has 53 valence electrons. The fourth-order valence-electron chi connectivity index (χ4n) is 1.06. The van der Waals surface area contributed by atoms with Gasteiger partial charge < -0.3 is 5.32 Å². The van der Waals surface area contributed by atoms with Crippen LogP contribution in [0, 0.1) is 0 Å². The van der Waals surface area contributed by atoms with Gasteiger partial charge >= 0.3 is 0 Å². The van der Waals surface area contributed by atoms with Gasteiger partial charge in [-0.05, 0) is 17.0 Å². The van der Waals surface area contributed by atoms with E-state index in [0.717, 1.165) is 10.8 Å². The first-order chi connectivity index (χ1) is 5.38. The van der Waals surface area contributed by atoms with Crippen molar-refractivity contribution in [3.8, 4) is 0 Å². The number of carbonyl (C=O) groups excluding carboxylic acids is 1.